The Bertz CT molecular complexity index is 939. The lowest BCUT2D eigenvalue weighted by atomic mass is 9.99. The van der Waals surface area contributed by atoms with Crippen molar-refractivity contribution < 1.29 is 24.2 Å². The van der Waals surface area contributed by atoms with E-state index in [2.05, 4.69) is 13.8 Å². The van der Waals surface area contributed by atoms with E-state index in [0.29, 0.717) is 29.4 Å². The van der Waals surface area contributed by atoms with Crippen molar-refractivity contribution in [3.8, 4) is 11.5 Å². The Morgan fingerprint density at radius 2 is 1.69 bits per heavy atom. The predicted molar refractivity (Wildman–Crippen MR) is 125 cm³/mol. The highest BCUT2D eigenvalue weighted by atomic mass is 16.5. The summed E-state index contributed by atoms with van der Waals surface area (Å²) in [6.45, 7) is 8.39. The molecule has 0 bridgehead atoms. The topological polar surface area (TPSA) is 72.8 Å². The monoisotopic (exact) mass is 436 g/mol. The second-order valence-corrected chi connectivity index (χ2v) is 7.53. The molecule has 0 radical (unpaired) electrons. The molecule has 0 amide bonds. The van der Waals surface area contributed by atoms with Crippen molar-refractivity contribution in [1.82, 2.24) is 0 Å². The van der Waals surface area contributed by atoms with Crippen molar-refractivity contribution >= 4 is 11.9 Å². The Balaban J connectivity index is 0.00000176. The quantitative estimate of drug-likeness (QED) is 0.411. The predicted octanol–water partition coefficient (Wildman–Crippen LogP) is 6.23. The molecule has 2 aromatic rings. The molecule has 1 N–H and O–H groups in total. The van der Waals surface area contributed by atoms with E-state index in [1.807, 2.05) is 38.1 Å². The zero-order valence-electron chi connectivity index (χ0n) is 19.2. The van der Waals surface area contributed by atoms with Crippen molar-refractivity contribution in [3.05, 3.63) is 83.6 Å². The van der Waals surface area contributed by atoms with Crippen molar-refractivity contribution in [1.29, 1.82) is 0 Å². The van der Waals surface area contributed by atoms with Crippen molar-refractivity contribution in [2.24, 2.45) is 11.8 Å². The summed E-state index contributed by atoms with van der Waals surface area (Å²) >= 11 is 0. The van der Waals surface area contributed by atoms with Gasteiger partial charge in [0.05, 0.1) is 11.5 Å². The van der Waals surface area contributed by atoms with Crippen molar-refractivity contribution in [2.45, 2.75) is 47.0 Å². The minimum atomic E-state index is -0.524. The molecule has 0 fully saturated rings. The van der Waals surface area contributed by atoms with Crippen LogP contribution in [-0.2, 0) is 16.0 Å². The summed E-state index contributed by atoms with van der Waals surface area (Å²) in [5, 5.41) is 9.29. The first-order chi connectivity index (χ1) is 15.4. The summed E-state index contributed by atoms with van der Waals surface area (Å²) in [7, 11) is 0. The molecule has 5 heteroatoms. The van der Waals surface area contributed by atoms with Crippen LogP contribution < -0.4 is 4.74 Å². The summed E-state index contributed by atoms with van der Waals surface area (Å²) in [6, 6.07) is 13.4. The Morgan fingerprint density at radius 1 is 1.03 bits per heavy atom. The van der Waals surface area contributed by atoms with Crippen LogP contribution in [0.2, 0.25) is 0 Å². The molecule has 3 rings (SSSR count). The smallest absolute Gasteiger partial charge is 0.343 e. The van der Waals surface area contributed by atoms with Crippen LogP contribution in [0.1, 0.15) is 56.5 Å². The molecule has 5 nitrogen and oxygen atoms in total. The molecule has 0 heterocycles. The molecule has 170 valence electrons. The van der Waals surface area contributed by atoms with Gasteiger partial charge in [0.2, 0.25) is 0 Å². The standard InChI is InChI=1S/C25H26O5.C2H6/c1-3-17(2)16-18-4-12-22(13-5-18)29-25(28)20-8-14-23(15-9-20)30-24(27)19-6-10-21(26)11-7-19;1-2/h4-8,10-15,17,20,26H,3,9,16H2,1-2H3;1-2H3. The van der Waals surface area contributed by atoms with Crippen LogP contribution in [0.5, 0.6) is 11.5 Å². The Morgan fingerprint density at radius 3 is 2.25 bits per heavy atom. The normalized spacial score (nSPS) is 15.6. The number of hydrogen-bond acceptors (Lipinski definition) is 5. The molecule has 1 aliphatic carbocycles. The number of allylic oxidation sites excluding steroid dienone is 2. The van der Waals surface area contributed by atoms with Crippen LogP contribution in [-0.4, -0.2) is 17.0 Å². The number of hydrogen-bond donors (Lipinski definition) is 1. The fraction of sp³-hybridized carbons (Fsp3) is 0.333. The van der Waals surface area contributed by atoms with Gasteiger partial charge in [0, 0.05) is 0 Å². The lowest BCUT2D eigenvalue weighted by molar-refractivity contribution is -0.137. The van der Waals surface area contributed by atoms with Gasteiger partial charge in [-0.2, -0.15) is 0 Å². The molecule has 2 unspecified atom stereocenters. The van der Waals surface area contributed by atoms with Gasteiger partial charge in [-0.15, -0.1) is 0 Å². The Kier molecular flexibility index (Phi) is 9.74. The van der Waals surface area contributed by atoms with Crippen LogP contribution in [0.25, 0.3) is 0 Å². The summed E-state index contributed by atoms with van der Waals surface area (Å²) in [6.07, 6.45) is 7.50. The van der Waals surface area contributed by atoms with Crippen LogP contribution in [0.3, 0.4) is 0 Å². The zero-order valence-corrected chi connectivity index (χ0v) is 19.2. The van der Waals surface area contributed by atoms with Crippen LogP contribution in [0.4, 0.5) is 0 Å². The van der Waals surface area contributed by atoms with Crippen LogP contribution in [0.15, 0.2) is 72.5 Å². The van der Waals surface area contributed by atoms with Gasteiger partial charge in [-0.1, -0.05) is 52.3 Å². The number of ether oxygens (including phenoxy) is 2. The van der Waals surface area contributed by atoms with Crippen LogP contribution >= 0.6 is 0 Å². The van der Waals surface area contributed by atoms with Gasteiger partial charge in [-0.3, -0.25) is 4.79 Å². The number of carbonyl (C=O) groups is 2. The molecular weight excluding hydrogens is 404 g/mol. The molecule has 0 aromatic heterocycles. The minimum absolute atomic E-state index is 0.0786. The molecule has 1 aliphatic rings. The fourth-order valence-electron chi connectivity index (χ4n) is 3.05. The van der Waals surface area contributed by atoms with Gasteiger partial charge in [-0.25, -0.2) is 4.79 Å². The highest BCUT2D eigenvalue weighted by molar-refractivity contribution is 5.90. The van der Waals surface area contributed by atoms with Gasteiger partial charge < -0.3 is 14.6 Å². The summed E-state index contributed by atoms with van der Waals surface area (Å²) in [5.41, 5.74) is 1.56. The summed E-state index contributed by atoms with van der Waals surface area (Å²) in [4.78, 5) is 24.5. The first-order valence-electron chi connectivity index (χ1n) is 11.1. The van der Waals surface area contributed by atoms with Gasteiger partial charge >= 0.3 is 11.9 Å². The first kappa shape index (κ1) is 24.9. The molecule has 2 aromatic carbocycles. The molecule has 32 heavy (non-hydrogen) atoms. The highest BCUT2D eigenvalue weighted by Crippen LogP contribution is 2.22. The number of carbonyl (C=O) groups excluding carboxylic acids is 2. The second-order valence-electron chi connectivity index (χ2n) is 7.53. The second kappa shape index (κ2) is 12.5. The van der Waals surface area contributed by atoms with Gasteiger partial charge in [0.15, 0.2) is 0 Å². The molecule has 0 saturated carbocycles. The molecule has 0 aliphatic heterocycles. The third kappa shape index (κ3) is 7.41. The number of phenolic OH excluding ortho intramolecular Hbond substituents is 1. The lowest BCUT2D eigenvalue weighted by Gasteiger charge is -2.15. The number of phenols is 1. The number of aromatic hydroxyl groups is 1. The van der Waals surface area contributed by atoms with Crippen molar-refractivity contribution in [3.63, 3.8) is 0 Å². The Hall–Kier alpha value is -3.34. The van der Waals surface area contributed by atoms with E-state index in [1.165, 1.54) is 29.8 Å². The maximum absolute atomic E-state index is 12.4. The number of rotatable bonds is 7. The maximum atomic E-state index is 12.4. The summed E-state index contributed by atoms with van der Waals surface area (Å²) < 4.78 is 10.8. The van der Waals surface area contributed by atoms with E-state index in [9.17, 15) is 14.7 Å². The highest BCUT2D eigenvalue weighted by Gasteiger charge is 2.21. The van der Waals surface area contributed by atoms with Gasteiger partial charge in [-0.05, 0) is 72.9 Å². The SMILES string of the molecule is CC.CCC(C)Cc1ccc(OC(=O)C2C=CC(OC(=O)c3ccc(O)cc3)=CC2)cc1. The van der Waals surface area contributed by atoms with Crippen LogP contribution in [0, 0.1) is 11.8 Å². The minimum Gasteiger partial charge on any atom is -0.508 e. The number of esters is 2. The maximum Gasteiger partial charge on any atom is 0.343 e. The van der Waals surface area contributed by atoms with Gasteiger partial charge in [0.1, 0.15) is 17.3 Å². The fourth-order valence-corrected chi connectivity index (χ4v) is 3.05. The zero-order chi connectivity index (χ0) is 23.5. The molecule has 2 atom stereocenters. The van der Waals surface area contributed by atoms with E-state index in [1.54, 1.807) is 18.2 Å². The summed E-state index contributed by atoms with van der Waals surface area (Å²) in [5.74, 6) is 0.303. The Labute approximate surface area is 190 Å². The first-order valence-corrected chi connectivity index (χ1v) is 11.1. The van der Waals surface area contributed by atoms with E-state index in [4.69, 9.17) is 9.47 Å². The average Bonchev–Trinajstić information content (AvgIpc) is 2.82. The largest absolute Gasteiger partial charge is 0.508 e. The lowest BCUT2D eigenvalue weighted by Crippen LogP contribution is -2.20. The third-order valence-corrected chi connectivity index (χ3v) is 5.10. The van der Waals surface area contributed by atoms with Crippen molar-refractivity contribution in [2.75, 3.05) is 0 Å². The molecule has 0 spiro atoms. The molecule has 0 saturated heterocycles. The van der Waals surface area contributed by atoms with Gasteiger partial charge in [0.25, 0.3) is 0 Å². The number of benzene rings is 2. The van der Waals surface area contributed by atoms with E-state index in [0.717, 1.165) is 12.8 Å². The average molecular weight is 437 g/mol. The van der Waals surface area contributed by atoms with E-state index >= 15 is 0 Å². The third-order valence-electron chi connectivity index (χ3n) is 5.10. The van der Waals surface area contributed by atoms with E-state index in [-0.39, 0.29) is 11.7 Å². The molecular formula is C27H32O5. The van der Waals surface area contributed by atoms with E-state index < -0.39 is 11.9 Å².